The van der Waals surface area contributed by atoms with Gasteiger partial charge in [-0.3, -0.25) is 9.88 Å². The molecule has 0 aliphatic carbocycles. The number of pyridine rings is 1. The molecule has 1 N–H and O–H groups in total. The minimum absolute atomic E-state index is 0.386. The fourth-order valence-electron chi connectivity index (χ4n) is 2.55. The first-order valence-corrected chi connectivity index (χ1v) is 7.53. The molecule has 21 heavy (non-hydrogen) atoms. The summed E-state index contributed by atoms with van der Waals surface area (Å²) in [5.74, 6) is 6.05. The van der Waals surface area contributed by atoms with Gasteiger partial charge in [0.25, 0.3) is 0 Å². The molecule has 0 bridgehead atoms. The molecule has 1 aliphatic heterocycles. The molecule has 1 aliphatic rings. The lowest BCUT2D eigenvalue weighted by molar-refractivity contribution is 0.158. The summed E-state index contributed by atoms with van der Waals surface area (Å²) in [6.07, 6.45) is 7.34. The summed E-state index contributed by atoms with van der Waals surface area (Å²) in [5, 5.41) is 10.1. The summed E-state index contributed by atoms with van der Waals surface area (Å²) in [6, 6.07) is 4.50. The van der Waals surface area contributed by atoms with E-state index in [9.17, 15) is 5.11 Å². The van der Waals surface area contributed by atoms with Gasteiger partial charge in [0.15, 0.2) is 0 Å². The highest BCUT2D eigenvalue weighted by Crippen LogP contribution is 2.29. The van der Waals surface area contributed by atoms with E-state index < -0.39 is 5.60 Å². The molecule has 2 heterocycles. The first-order valence-electron chi connectivity index (χ1n) is 7.53. The van der Waals surface area contributed by atoms with E-state index in [4.69, 9.17) is 0 Å². The molecule has 2 rings (SSSR count). The van der Waals surface area contributed by atoms with Crippen LogP contribution in [-0.4, -0.2) is 33.7 Å². The molecule has 3 nitrogen and oxygen atoms in total. The van der Waals surface area contributed by atoms with Crippen molar-refractivity contribution < 1.29 is 5.11 Å². The predicted octanol–water partition coefficient (Wildman–Crippen LogP) is 2.94. The Balaban J connectivity index is 2.07. The van der Waals surface area contributed by atoms with Crippen molar-refractivity contribution in [1.82, 2.24) is 9.88 Å². The lowest BCUT2D eigenvalue weighted by atomic mass is 9.96. The number of likely N-dealkylation sites (tertiary alicyclic amines) is 1. The molecule has 1 saturated heterocycles. The quantitative estimate of drug-likeness (QED) is 0.685. The highest BCUT2D eigenvalue weighted by atomic mass is 16.3. The lowest BCUT2D eigenvalue weighted by Crippen LogP contribution is -2.34. The minimum Gasteiger partial charge on any atom is -0.374 e. The summed E-state index contributed by atoms with van der Waals surface area (Å²) in [4.78, 5) is 6.60. The molecule has 1 aromatic rings. The Labute approximate surface area is 127 Å². The van der Waals surface area contributed by atoms with E-state index in [2.05, 4.69) is 34.4 Å². The van der Waals surface area contributed by atoms with Gasteiger partial charge in [0.1, 0.15) is 5.60 Å². The van der Waals surface area contributed by atoms with Crippen LogP contribution in [0.2, 0.25) is 0 Å². The van der Waals surface area contributed by atoms with Crippen molar-refractivity contribution in [1.29, 1.82) is 0 Å². The fraction of sp³-hybridized carbons (Fsp3) is 0.500. The Hall–Kier alpha value is -1.63. The number of piperidine rings is 1. The van der Waals surface area contributed by atoms with Gasteiger partial charge in [-0.15, -0.1) is 0 Å². The summed E-state index contributed by atoms with van der Waals surface area (Å²) in [6.45, 7) is 8.99. The van der Waals surface area contributed by atoms with Crippen LogP contribution in [0.3, 0.4) is 0 Å². The topological polar surface area (TPSA) is 36.4 Å². The van der Waals surface area contributed by atoms with E-state index in [-0.39, 0.29) is 0 Å². The van der Waals surface area contributed by atoms with Crippen LogP contribution in [-0.2, 0) is 0 Å². The number of hydrogen-bond acceptors (Lipinski definition) is 3. The van der Waals surface area contributed by atoms with Gasteiger partial charge in [-0.25, -0.2) is 0 Å². The summed E-state index contributed by atoms with van der Waals surface area (Å²) < 4.78 is 0. The van der Waals surface area contributed by atoms with Crippen LogP contribution < -0.4 is 0 Å². The van der Waals surface area contributed by atoms with Gasteiger partial charge >= 0.3 is 0 Å². The molecule has 2 unspecified atom stereocenters. The molecule has 3 heteroatoms. The molecule has 0 saturated carbocycles. The molecule has 112 valence electrons. The van der Waals surface area contributed by atoms with E-state index >= 15 is 0 Å². The zero-order chi connectivity index (χ0) is 15.3. The Morgan fingerprint density at radius 2 is 2.38 bits per heavy atom. The number of nitrogens with zero attached hydrogens (tertiary/aromatic N) is 2. The van der Waals surface area contributed by atoms with Crippen LogP contribution in [0.5, 0.6) is 0 Å². The average molecular weight is 284 g/mol. The molecule has 0 amide bonds. The van der Waals surface area contributed by atoms with Gasteiger partial charge in [0, 0.05) is 18.4 Å². The Kier molecular flexibility index (Phi) is 5.17. The molecule has 0 aromatic carbocycles. The van der Waals surface area contributed by atoms with E-state index in [1.807, 2.05) is 12.3 Å². The lowest BCUT2D eigenvalue weighted by Gasteiger charge is -2.34. The third kappa shape index (κ3) is 4.17. The van der Waals surface area contributed by atoms with E-state index in [0.717, 1.165) is 13.0 Å². The minimum atomic E-state index is -1.10. The van der Waals surface area contributed by atoms with Crippen LogP contribution in [0.25, 0.3) is 0 Å². The number of hydrogen-bond donors (Lipinski definition) is 1. The molecule has 1 aromatic heterocycles. The van der Waals surface area contributed by atoms with E-state index in [1.54, 1.807) is 20.0 Å². The van der Waals surface area contributed by atoms with Crippen LogP contribution in [0, 0.1) is 11.8 Å². The normalized spacial score (nSPS) is 22.0. The molecule has 0 spiro atoms. The molecular formula is C18H24N2O. The fourth-order valence-corrected chi connectivity index (χ4v) is 2.55. The van der Waals surface area contributed by atoms with E-state index in [1.165, 1.54) is 18.4 Å². The smallest absolute Gasteiger partial charge is 0.143 e. The molecule has 1 fully saturated rings. The largest absolute Gasteiger partial charge is 0.374 e. The Morgan fingerprint density at radius 1 is 1.57 bits per heavy atom. The Bertz CT molecular complexity index is 539. The zero-order valence-corrected chi connectivity index (χ0v) is 13.0. The third-order valence-electron chi connectivity index (χ3n) is 4.13. The molecule has 0 radical (unpaired) electrons. The summed E-state index contributed by atoms with van der Waals surface area (Å²) >= 11 is 0. The van der Waals surface area contributed by atoms with Crippen molar-refractivity contribution in [2.45, 2.75) is 44.8 Å². The zero-order valence-electron chi connectivity index (χ0n) is 13.0. The SMILES string of the molecule is C=C(C)C(C)(O)C#CCN1CCCCC1c1cccnc1. The van der Waals surface area contributed by atoms with Crippen LogP contribution in [0.15, 0.2) is 36.7 Å². The van der Waals surface area contributed by atoms with Gasteiger partial charge in [0.05, 0.1) is 6.54 Å². The van der Waals surface area contributed by atoms with Crippen molar-refractivity contribution in [3.8, 4) is 11.8 Å². The Morgan fingerprint density at radius 3 is 3.05 bits per heavy atom. The maximum absolute atomic E-state index is 10.1. The standard InChI is InChI=1S/C18H24N2O/c1-15(2)18(3,21)10-7-13-20-12-5-4-9-17(20)16-8-6-11-19-14-16/h6,8,11,14,17,21H,1,4-5,9,12-13H2,2-3H3. The second-order valence-electron chi connectivity index (χ2n) is 5.92. The average Bonchev–Trinajstić information content (AvgIpc) is 2.48. The highest BCUT2D eigenvalue weighted by molar-refractivity contribution is 5.26. The number of aromatic nitrogens is 1. The second kappa shape index (κ2) is 6.89. The highest BCUT2D eigenvalue weighted by Gasteiger charge is 2.23. The van der Waals surface area contributed by atoms with Crippen molar-refractivity contribution >= 4 is 0 Å². The summed E-state index contributed by atoms with van der Waals surface area (Å²) in [5.41, 5.74) is 0.836. The third-order valence-corrected chi connectivity index (χ3v) is 4.13. The molecular weight excluding hydrogens is 260 g/mol. The van der Waals surface area contributed by atoms with Crippen LogP contribution in [0.1, 0.15) is 44.7 Å². The maximum Gasteiger partial charge on any atom is 0.143 e. The van der Waals surface area contributed by atoms with Gasteiger partial charge in [0.2, 0.25) is 0 Å². The second-order valence-corrected chi connectivity index (χ2v) is 5.92. The van der Waals surface area contributed by atoms with Crippen molar-refractivity contribution in [2.24, 2.45) is 0 Å². The predicted molar refractivity (Wildman–Crippen MR) is 85.6 cm³/mol. The summed E-state index contributed by atoms with van der Waals surface area (Å²) in [7, 11) is 0. The van der Waals surface area contributed by atoms with Gasteiger partial charge in [-0.05, 0) is 50.4 Å². The maximum atomic E-state index is 10.1. The molecule has 2 atom stereocenters. The number of aliphatic hydroxyl groups is 1. The van der Waals surface area contributed by atoms with Gasteiger partial charge in [-0.2, -0.15) is 0 Å². The monoisotopic (exact) mass is 284 g/mol. The van der Waals surface area contributed by atoms with Crippen LogP contribution >= 0.6 is 0 Å². The van der Waals surface area contributed by atoms with Gasteiger partial charge in [-0.1, -0.05) is 30.9 Å². The van der Waals surface area contributed by atoms with Crippen LogP contribution in [0.4, 0.5) is 0 Å². The van der Waals surface area contributed by atoms with Gasteiger partial charge < -0.3 is 5.11 Å². The van der Waals surface area contributed by atoms with Crippen molar-refractivity contribution in [3.63, 3.8) is 0 Å². The first kappa shape index (κ1) is 15.8. The van der Waals surface area contributed by atoms with E-state index in [0.29, 0.717) is 18.2 Å². The van der Waals surface area contributed by atoms with Crippen molar-refractivity contribution in [2.75, 3.05) is 13.1 Å². The number of rotatable bonds is 3. The van der Waals surface area contributed by atoms with Crippen molar-refractivity contribution in [3.05, 3.63) is 42.2 Å². The first-order chi connectivity index (χ1) is 10.0.